The van der Waals surface area contributed by atoms with Crippen molar-refractivity contribution in [2.24, 2.45) is 0 Å². The van der Waals surface area contributed by atoms with Gasteiger partial charge in [-0.05, 0) is 49.6 Å². The number of alkyl halides is 3. The van der Waals surface area contributed by atoms with Gasteiger partial charge in [-0.1, -0.05) is 11.6 Å². The standard InChI is InChI=1S/C19H13ClF3N3O2/c20-11-1-2-13-12(6-11)25-16(28-13)17-7-18(8-17,9-17)26-15(27)10-3-4-24-14(5-10)19(21,22)23/h1-6H,7-9H2,(H,26,27). The zero-order valence-electron chi connectivity index (χ0n) is 14.3. The quantitative estimate of drug-likeness (QED) is 0.694. The van der Waals surface area contributed by atoms with Gasteiger partial charge >= 0.3 is 6.18 Å². The van der Waals surface area contributed by atoms with Crippen molar-refractivity contribution in [3.05, 3.63) is 58.7 Å². The van der Waals surface area contributed by atoms with Crippen LogP contribution >= 0.6 is 11.6 Å². The van der Waals surface area contributed by atoms with Crippen LogP contribution in [0.3, 0.4) is 0 Å². The summed E-state index contributed by atoms with van der Waals surface area (Å²) in [4.78, 5) is 20.2. The first-order valence-corrected chi connectivity index (χ1v) is 8.98. The number of nitrogens with zero attached hydrogens (tertiary/aromatic N) is 2. The summed E-state index contributed by atoms with van der Waals surface area (Å²) in [6.45, 7) is 0. The fourth-order valence-electron chi connectivity index (χ4n) is 4.31. The Kier molecular flexibility index (Phi) is 3.42. The van der Waals surface area contributed by atoms with Gasteiger partial charge in [0, 0.05) is 22.3 Å². The molecule has 0 radical (unpaired) electrons. The van der Waals surface area contributed by atoms with Crippen molar-refractivity contribution in [3.63, 3.8) is 0 Å². The van der Waals surface area contributed by atoms with Crippen LogP contribution < -0.4 is 5.32 Å². The summed E-state index contributed by atoms with van der Waals surface area (Å²) in [6.07, 6.45) is -1.67. The molecule has 2 bridgehead atoms. The third-order valence-corrected chi connectivity index (χ3v) is 5.76. The van der Waals surface area contributed by atoms with Crippen molar-refractivity contribution >= 4 is 28.6 Å². The molecule has 6 rings (SSSR count). The Balaban J connectivity index is 1.30. The molecule has 1 N–H and O–H groups in total. The zero-order valence-corrected chi connectivity index (χ0v) is 15.1. The first kappa shape index (κ1) is 17.5. The molecule has 0 saturated heterocycles. The van der Waals surface area contributed by atoms with Crippen molar-refractivity contribution in [2.45, 2.75) is 36.4 Å². The number of aromatic nitrogens is 2. The van der Waals surface area contributed by atoms with Gasteiger partial charge in [-0.25, -0.2) is 4.98 Å². The number of nitrogens with one attached hydrogen (secondary N) is 1. The maximum Gasteiger partial charge on any atom is 0.433 e. The molecule has 144 valence electrons. The zero-order chi connectivity index (χ0) is 19.7. The normalized spacial score (nSPS) is 25.9. The smallest absolute Gasteiger partial charge is 0.433 e. The van der Waals surface area contributed by atoms with E-state index in [0.717, 1.165) is 12.3 Å². The third kappa shape index (κ3) is 2.58. The highest BCUT2D eigenvalue weighted by Gasteiger charge is 2.71. The van der Waals surface area contributed by atoms with Crippen LogP contribution in [-0.2, 0) is 11.6 Å². The number of carbonyl (C=O) groups excluding carboxylic acids is 1. The predicted molar refractivity (Wildman–Crippen MR) is 94.0 cm³/mol. The van der Waals surface area contributed by atoms with E-state index < -0.39 is 23.3 Å². The second-order valence-corrected chi connectivity index (χ2v) is 8.04. The molecule has 9 heteroatoms. The lowest BCUT2D eigenvalue weighted by atomic mass is 9.39. The van der Waals surface area contributed by atoms with Gasteiger partial charge < -0.3 is 9.73 Å². The molecule has 2 aromatic heterocycles. The van der Waals surface area contributed by atoms with E-state index in [1.54, 1.807) is 18.2 Å². The highest BCUT2D eigenvalue weighted by Crippen LogP contribution is 2.67. The number of fused-ring (bicyclic) bond motifs is 1. The first-order chi connectivity index (χ1) is 13.2. The fourth-order valence-corrected chi connectivity index (χ4v) is 4.48. The Morgan fingerprint density at radius 2 is 1.93 bits per heavy atom. The number of benzene rings is 1. The van der Waals surface area contributed by atoms with Gasteiger partial charge in [-0.3, -0.25) is 9.78 Å². The first-order valence-electron chi connectivity index (χ1n) is 8.61. The number of halogens is 4. The van der Waals surface area contributed by atoms with E-state index >= 15 is 0 Å². The molecule has 3 aliphatic carbocycles. The molecule has 3 fully saturated rings. The van der Waals surface area contributed by atoms with Crippen molar-refractivity contribution in [2.75, 3.05) is 0 Å². The molecule has 0 atom stereocenters. The molecule has 0 aliphatic heterocycles. The van der Waals surface area contributed by atoms with E-state index in [9.17, 15) is 18.0 Å². The molecular formula is C19H13ClF3N3O2. The highest BCUT2D eigenvalue weighted by atomic mass is 35.5. The molecule has 3 aromatic rings. The Labute approximate surface area is 161 Å². The Bertz CT molecular complexity index is 1110. The van der Waals surface area contributed by atoms with Crippen molar-refractivity contribution < 1.29 is 22.4 Å². The molecule has 3 saturated carbocycles. The number of oxazole rings is 1. The van der Waals surface area contributed by atoms with Gasteiger partial charge in [-0.2, -0.15) is 13.2 Å². The van der Waals surface area contributed by atoms with E-state index in [1.807, 2.05) is 0 Å². The molecule has 0 spiro atoms. The summed E-state index contributed by atoms with van der Waals surface area (Å²) in [7, 11) is 0. The van der Waals surface area contributed by atoms with Crippen LogP contribution in [0.4, 0.5) is 13.2 Å². The topological polar surface area (TPSA) is 68.0 Å². The summed E-state index contributed by atoms with van der Waals surface area (Å²) in [5.41, 5.74) is -0.456. The minimum atomic E-state index is -4.59. The largest absolute Gasteiger partial charge is 0.440 e. The van der Waals surface area contributed by atoms with Crippen molar-refractivity contribution in [3.8, 4) is 0 Å². The van der Waals surface area contributed by atoms with Crippen LogP contribution in [0.5, 0.6) is 0 Å². The maximum absolute atomic E-state index is 12.8. The lowest BCUT2D eigenvalue weighted by molar-refractivity contribution is -0.141. The van der Waals surface area contributed by atoms with E-state index in [4.69, 9.17) is 16.0 Å². The fraction of sp³-hybridized carbons (Fsp3) is 0.316. The average molecular weight is 408 g/mol. The lowest BCUT2D eigenvalue weighted by Gasteiger charge is -2.68. The van der Waals surface area contributed by atoms with Crippen LogP contribution in [0.1, 0.15) is 41.2 Å². The van der Waals surface area contributed by atoms with Gasteiger partial charge in [-0.15, -0.1) is 0 Å². The number of carbonyl (C=O) groups is 1. The molecule has 1 amide bonds. The van der Waals surface area contributed by atoms with Gasteiger partial charge in [0.15, 0.2) is 5.58 Å². The van der Waals surface area contributed by atoms with Crippen molar-refractivity contribution in [1.82, 2.24) is 15.3 Å². The summed E-state index contributed by atoms with van der Waals surface area (Å²) in [5, 5.41) is 3.44. The summed E-state index contributed by atoms with van der Waals surface area (Å²) in [6, 6.07) is 7.26. The number of hydrogen-bond acceptors (Lipinski definition) is 4. The molecule has 1 aromatic carbocycles. The second-order valence-electron chi connectivity index (χ2n) is 7.60. The summed E-state index contributed by atoms with van der Waals surface area (Å²) in [5.74, 6) is 0.0784. The molecular weight excluding hydrogens is 395 g/mol. The second kappa shape index (κ2) is 5.47. The van der Waals surface area contributed by atoms with Gasteiger partial charge in [0.1, 0.15) is 11.2 Å². The Morgan fingerprint density at radius 1 is 1.18 bits per heavy atom. The van der Waals surface area contributed by atoms with Gasteiger partial charge in [0.25, 0.3) is 5.91 Å². The minimum Gasteiger partial charge on any atom is -0.440 e. The lowest BCUT2D eigenvalue weighted by Crippen LogP contribution is -2.76. The van der Waals surface area contributed by atoms with E-state index in [0.29, 0.717) is 41.3 Å². The van der Waals surface area contributed by atoms with Crippen LogP contribution in [0.25, 0.3) is 11.1 Å². The SMILES string of the molecule is O=C(NC12CC(c3nc4cc(Cl)ccc4o3)(C1)C2)c1ccnc(C(F)(F)F)c1. The number of hydrogen-bond donors (Lipinski definition) is 1. The Morgan fingerprint density at radius 3 is 2.64 bits per heavy atom. The van der Waals surface area contributed by atoms with Gasteiger partial charge in [0.05, 0.1) is 5.41 Å². The van der Waals surface area contributed by atoms with Crippen LogP contribution in [0.2, 0.25) is 5.02 Å². The Hall–Kier alpha value is -2.61. The van der Waals surface area contributed by atoms with E-state index in [-0.39, 0.29) is 11.0 Å². The number of pyridine rings is 1. The monoisotopic (exact) mass is 407 g/mol. The highest BCUT2D eigenvalue weighted by molar-refractivity contribution is 6.31. The molecule has 3 aliphatic rings. The van der Waals surface area contributed by atoms with E-state index in [2.05, 4.69) is 15.3 Å². The average Bonchev–Trinajstić information content (AvgIpc) is 2.98. The molecule has 28 heavy (non-hydrogen) atoms. The number of amides is 1. The third-order valence-electron chi connectivity index (χ3n) is 5.52. The number of rotatable bonds is 3. The van der Waals surface area contributed by atoms with Crippen LogP contribution in [0.15, 0.2) is 40.9 Å². The van der Waals surface area contributed by atoms with E-state index in [1.165, 1.54) is 6.07 Å². The van der Waals surface area contributed by atoms with Gasteiger partial charge in [0.2, 0.25) is 5.89 Å². The van der Waals surface area contributed by atoms with Crippen molar-refractivity contribution in [1.29, 1.82) is 0 Å². The summed E-state index contributed by atoms with van der Waals surface area (Å²) < 4.78 is 44.2. The predicted octanol–water partition coefficient (Wildman–Crippen LogP) is 4.50. The summed E-state index contributed by atoms with van der Waals surface area (Å²) >= 11 is 5.97. The maximum atomic E-state index is 12.8. The molecule has 5 nitrogen and oxygen atoms in total. The minimum absolute atomic E-state index is 0.0578. The molecule has 2 heterocycles. The molecule has 0 unspecified atom stereocenters. The van der Waals surface area contributed by atoms with Crippen LogP contribution in [-0.4, -0.2) is 21.4 Å². The van der Waals surface area contributed by atoms with Crippen LogP contribution in [0, 0.1) is 0 Å².